The van der Waals surface area contributed by atoms with E-state index in [1.165, 1.54) is 18.2 Å². The summed E-state index contributed by atoms with van der Waals surface area (Å²) < 4.78 is 34.1. The Labute approximate surface area is 210 Å². The molecule has 7 heteroatoms. The number of rotatable bonds is 8. The van der Waals surface area contributed by atoms with E-state index in [1.807, 2.05) is 6.92 Å². The van der Waals surface area contributed by atoms with Gasteiger partial charge in [-0.15, -0.1) is 0 Å². The lowest BCUT2D eigenvalue weighted by Crippen LogP contribution is -2.38. The molecular formula is C29H32F2N2O3. The van der Waals surface area contributed by atoms with E-state index in [0.717, 1.165) is 37.2 Å². The van der Waals surface area contributed by atoms with Crippen molar-refractivity contribution in [1.82, 2.24) is 4.98 Å². The number of aryl methyl sites for hydroxylation is 1. The first-order valence-corrected chi connectivity index (χ1v) is 12.3. The van der Waals surface area contributed by atoms with Crippen LogP contribution in [-0.2, 0) is 17.6 Å². The number of halogens is 2. The fraction of sp³-hybridized carbons (Fsp3) is 0.379. The van der Waals surface area contributed by atoms with Crippen molar-refractivity contribution in [2.75, 3.05) is 24.6 Å². The number of aliphatic carboxylic acids is 1. The average Bonchev–Trinajstić information content (AvgIpc) is 2.81. The van der Waals surface area contributed by atoms with Crippen LogP contribution in [0.25, 0.3) is 11.1 Å². The van der Waals surface area contributed by atoms with Gasteiger partial charge in [-0.05, 0) is 60.6 Å². The Balaban J connectivity index is 1.61. The molecular weight excluding hydrogens is 462 g/mol. The van der Waals surface area contributed by atoms with Crippen LogP contribution >= 0.6 is 0 Å². The minimum absolute atomic E-state index is 0.113. The maximum absolute atomic E-state index is 15.1. The van der Waals surface area contributed by atoms with Crippen molar-refractivity contribution in [3.05, 3.63) is 77.1 Å². The molecule has 0 saturated carbocycles. The Hall–Kier alpha value is -3.48. The number of aromatic nitrogens is 1. The van der Waals surface area contributed by atoms with Gasteiger partial charge in [-0.1, -0.05) is 32.0 Å². The fourth-order valence-electron chi connectivity index (χ4n) is 4.66. The van der Waals surface area contributed by atoms with E-state index >= 15 is 4.39 Å². The van der Waals surface area contributed by atoms with Gasteiger partial charge in [0.15, 0.2) is 11.6 Å². The Morgan fingerprint density at radius 3 is 2.56 bits per heavy atom. The van der Waals surface area contributed by atoms with Crippen LogP contribution < -0.4 is 9.64 Å². The number of ether oxygens (including phenoxy) is 1. The van der Waals surface area contributed by atoms with Gasteiger partial charge in [0.1, 0.15) is 5.82 Å². The lowest BCUT2D eigenvalue weighted by atomic mass is 9.82. The van der Waals surface area contributed by atoms with Crippen LogP contribution in [0, 0.1) is 24.0 Å². The van der Waals surface area contributed by atoms with Crippen LogP contribution in [0.3, 0.4) is 0 Å². The zero-order valence-electron chi connectivity index (χ0n) is 21.0. The van der Waals surface area contributed by atoms with E-state index < -0.39 is 11.8 Å². The van der Waals surface area contributed by atoms with Gasteiger partial charge in [0.25, 0.3) is 0 Å². The molecule has 1 aliphatic rings. The molecule has 2 aromatic carbocycles. The zero-order chi connectivity index (χ0) is 25.9. The number of hydrogen-bond acceptors (Lipinski definition) is 4. The first-order valence-electron chi connectivity index (χ1n) is 12.3. The summed E-state index contributed by atoms with van der Waals surface area (Å²) in [6.07, 6.45) is 3.97. The second-order valence-corrected chi connectivity index (χ2v) is 10.2. The van der Waals surface area contributed by atoms with E-state index in [2.05, 4.69) is 23.7 Å². The molecule has 5 nitrogen and oxygen atoms in total. The van der Waals surface area contributed by atoms with Crippen molar-refractivity contribution in [2.24, 2.45) is 5.41 Å². The molecule has 1 N–H and O–H groups in total. The number of benzene rings is 2. The molecule has 190 valence electrons. The first kappa shape index (κ1) is 25.6. The summed E-state index contributed by atoms with van der Waals surface area (Å²) in [6.45, 7) is 8.09. The number of carboxylic acids is 1. The topological polar surface area (TPSA) is 62.7 Å². The molecule has 0 amide bonds. The number of anilines is 1. The molecule has 3 aromatic rings. The van der Waals surface area contributed by atoms with Gasteiger partial charge in [0.05, 0.1) is 18.7 Å². The number of pyridine rings is 1. The predicted molar refractivity (Wildman–Crippen MR) is 137 cm³/mol. The Morgan fingerprint density at radius 1 is 1.14 bits per heavy atom. The molecule has 1 saturated heterocycles. The summed E-state index contributed by atoms with van der Waals surface area (Å²) in [5, 5.41) is 9.58. The van der Waals surface area contributed by atoms with Crippen molar-refractivity contribution >= 4 is 11.7 Å². The van der Waals surface area contributed by atoms with Crippen LogP contribution in [0.4, 0.5) is 14.5 Å². The second kappa shape index (κ2) is 10.6. The third-order valence-corrected chi connectivity index (χ3v) is 6.91. The number of carboxylic acid groups (broad SMARTS) is 1. The monoisotopic (exact) mass is 494 g/mol. The molecule has 1 fully saturated rings. The van der Waals surface area contributed by atoms with Crippen molar-refractivity contribution < 1.29 is 23.4 Å². The van der Waals surface area contributed by atoms with Gasteiger partial charge in [0.2, 0.25) is 0 Å². The highest BCUT2D eigenvalue weighted by Gasteiger charge is 2.29. The predicted octanol–water partition coefficient (Wildman–Crippen LogP) is 6.21. The van der Waals surface area contributed by atoms with E-state index in [4.69, 9.17) is 4.74 Å². The van der Waals surface area contributed by atoms with Crippen LogP contribution in [-0.4, -0.2) is 35.8 Å². The second-order valence-electron chi connectivity index (χ2n) is 10.2. The smallest absolute Gasteiger partial charge is 0.307 e. The largest absolute Gasteiger partial charge is 0.490 e. The molecule has 0 radical (unpaired) electrons. The van der Waals surface area contributed by atoms with Crippen LogP contribution in [0.1, 0.15) is 43.5 Å². The van der Waals surface area contributed by atoms with Gasteiger partial charge >= 0.3 is 5.97 Å². The minimum Gasteiger partial charge on any atom is -0.490 e. The van der Waals surface area contributed by atoms with Crippen LogP contribution in [0.15, 0.2) is 48.7 Å². The highest BCUT2D eigenvalue weighted by atomic mass is 19.1. The van der Waals surface area contributed by atoms with Gasteiger partial charge in [0, 0.05) is 42.5 Å². The summed E-state index contributed by atoms with van der Waals surface area (Å²) in [4.78, 5) is 18.4. The highest BCUT2D eigenvalue weighted by Crippen LogP contribution is 2.40. The van der Waals surface area contributed by atoms with Gasteiger partial charge < -0.3 is 14.7 Å². The fourth-order valence-corrected chi connectivity index (χ4v) is 4.66. The molecule has 1 aliphatic heterocycles. The average molecular weight is 495 g/mol. The summed E-state index contributed by atoms with van der Waals surface area (Å²) in [5.41, 5.74) is 4.47. The number of carbonyl (C=O) groups is 1. The summed E-state index contributed by atoms with van der Waals surface area (Å²) in [6, 6.07) is 11.0. The summed E-state index contributed by atoms with van der Waals surface area (Å²) in [7, 11) is 0. The lowest BCUT2D eigenvalue weighted by Gasteiger charge is -2.40. The standard InChI is InChI=1S/C29H32F2N2O3/c1-19-23(17-27(34)35)28(33-12-10-29(2,3)11-13-33)24(18-32-19)21-7-8-26(25(31)16-21)36-14-9-20-5-4-6-22(30)15-20/h4-8,15-16,18H,9-14,17H2,1-3H3,(H,34,35). The van der Waals surface area contributed by atoms with Crippen molar-refractivity contribution in [1.29, 1.82) is 0 Å². The summed E-state index contributed by atoms with van der Waals surface area (Å²) >= 11 is 0. The minimum atomic E-state index is -0.927. The Morgan fingerprint density at radius 2 is 1.89 bits per heavy atom. The molecule has 1 aromatic heterocycles. The zero-order valence-corrected chi connectivity index (χ0v) is 21.0. The quantitative estimate of drug-likeness (QED) is 0.403. The van der Waals surface area contributed by atoms with Crippen LogP contribution in [0.2, 0.25) is 0 Å². The van der Waals surface area contributed by atoms with E-state index in [0.29, 0.717) is 28.8 Å². The molecule has 0 bridgehead atoms. The third kappa shape index (κ3) is 6.01. The van der Waals surface area contributed by atoms with E-state index in [1.54, 1.807) is 30.5 Å². The molecule has 2 heterocycles. The van der Waals surface area contributed by atoms with Crippen molar-refractivity contribution in [3.63, 3.8) is 0 Å². The molecule has 0 atom stereocenters. The molecule has 0 aliphatic carbocycles. The molecule has 0 spiro atoms. The van der Waals surface area contributed by atoms with Gasteiger partial charge in [-0.2, -0.15) is 0 Å². The molecule has 4 rings (SSSR count). The number of hydrogen-bond donors (Lipinski definition) is 1. The maximum atomic E-state index is 15.1. The summed E-state index contributed by atoms with van der Waals surface area (Å²) in [5.74, 6) is -1.64. The first-order chi connectivity index (χ1) is 17.1. The highest BCUT2D eigenvalue weighted by molar-refractivity contribution is 5.84. The van der Waals surface area contributed by atoms with Gasteiger partial charge in [-0.25, -0.2) is 8.78 Å². The Bertz CT molecular complexity index is 1250. The van der Waals surface area contributed by atoms with Gasteiger partial charge in [-0.3, -0.25) is 9.78 Å². The van der Waals surface area contributed by atoms with Crippen molar-refractivity contribution in [2.45, 2.75) is 46.5 Å². The molecule has 0 unspecified atom stereocenters. The van der Waals surface area contributed by atoms with Crippen LogP contribution in [0.5, 0.6) is 5.75 Å². The lowest BCUT2D eigenvalue weighted by molar-refractivity contribution is -0.136. The Kier molecular flexibility index (Phi) is 7.57. The van der Waals surface area contributed by atoms with E-state index in [9.17, 15) is 14.3 Å². The van der Waals surface area contributed by atoms with Crippen molar-refractivity contribution in [3.8, 4) is 16.9 Å². The van der Waals surface area contributed by atoms with E-state index in [-0.39, 0.29) is 30.0 Å². The third-order valence-electron chi connectivity index (χ3n) is 6.91. The number of piperidine rings is 1. The maximum Gasteiger partial charge on any atom is 0.307 e. The SMILES string of the molecule is Cc1ncc(-c2ccc(OCCc3cccc(F)c3)c(F)c2)c(N2CCC(C)(C)CC2)c1CC(=O)O. The molecule has 36 heavy (non-hydrogen) atoms. The normalized spacial score (nSPS) is 15.1. The number of nitrogens with zero attached hydrogens (tertiary/aromatic N) is 2.